The van der Waals surface area contributed by atoms with Crippen LogP contribution in [0.25, 0.3) is 0 Å². The van der Waals surface area contributed by atoms with Crippen LogP contribution in [0.15, 0.2) is 42.5 Å². The molecule has 0 aromatic heterocycles. The van der Waals surface area contributed by atoms with Gasteiger partial charge in [-0.1, -0.05) is 41.9 Å². The summed E-state index contributed by atoms with van der Waals surface area (Å²) in [5.41, 5.74) is 2.15. The number of piperidine rings is 1. The highest BCUT2D eigenvalue weighted by atomic mass is 35.5. The molecule has 2 aromatic carbocycles. The van der Waals surface area contributed by atoms with E-state index >= 15 is 0 Å². The molecule has 3 rings (SSSR count). The first-order chi connectivity index (χ1) is 12.0. The Morgan fingerprint density at radius 1 is 1.16 bits per heavy atom. The van der Waals surface area contributed by atoms with E-state index in [1.54, 1.807) is 6.07 Å². The first kappa shape index (κ1) is 18.1. The fraction of sp³-hybridized carbons (Fsp3) is 0.381. The Balaban J connectivity index is 1.68. The summed E-state index contributed by atoms with van der Waals surface area (Å²) in [6.45, 7) is 2.29. The molecular weight excluding hydrogens is 337 g/mol. The van der Waals surface area contributed by atoms with E-state index in [0.717, 1.165) is 25.1 Å². The Morgan fingerprint density at radius 3 is 2.56 bits per heavy atom. The minimum Gasteiger partial charge on any atom is -0.306 e. The van der Waals surface area contributed by atoms with E-state index in [4.69, 9.17) is 11.6 Å². The van der Waals surface area contributed by atoms with Crippen LogP contribution in [-0.2, 0) is 12.8 Å². The summed E-state index contributed by atoms with van der Waals surface area (Å²) in [5, 5.41) is 0.174. The van der Waals surface area contributed by atoms with Crippen LogP contribution in [0.3, 0.4) is 0 Å². The van der Waals surface area contributed by atoms with E-state index in [1.165, 1.54) is 30.5 Å². The number of hydrogen-bond donors (Lipinski definition) is 0. The van der Waals surface area contributed by atoms with Gasteiger partial charge in [-0.05, 0) is 68.6 Å². The molecule has 1 fully saturated rings. The van der Waals surface area contributed by atoms with Gasteiger partial charge in [-0.15, -0.1) is 0 Å². The van der Waals surface area contributed by atoms with Crippen LogP contribution in [0.1, 0.15) is 34.3 Å². The van der Waals surface area contributed by atoms with Gasteiger partial charge in [0.1, 0.15) is 5.82 Å². The molecule has 0 N–H and O–H groups in total. The van der Waals surface area contributed by atoms with E-state index in [2.05, 4.69) is 24.1 Å². The summed E-state index contributed by atoms with van der Waals surface area (Å²) in [7, 11) is 2.16. The molecule has 1 aliphatic heterocycles. The minimum absolute atomic E-state index is 0.00936. The van der Waals surface area contributed by atoms with Crippen molar-refractivity contribution in [2.45, 2.75) is 25.7 Å². The van der Waals surface area contributed by atoms with Crippen LogP contribution >= 0.6 is 11.6 Å². The van der Waals surface area contributed by atoms with Gasteiger partial charge in [0.25, 0.3) is 0 Å². The highest BCUT2D eigenvalue weighted by Crippen LogP contribution is 2.23. The second-order valence-corrected chi connectivity index (χ2v) is 7.37. The number of carbonyl (C=O) groups excluding carboxylic acids is 1. The normalized spacial score (nSPS) is 16.1. The minimum atomic E-state index is -0.556. The van der Waals surface area contributed by atoms with Crippen LogP contribution in [0.4, 0.5) is 4.39 Å². The number of hydrogen-bond acceptors (Lipinski definition) is 2. The van der Waals surface area contributed by atoms with Gasteiger partial charge >= 0.3 is 0 Å². The third-order valence-electron chi connectivity index (χ3n) is 4.96. The Bertz CT molecular complexity index is 733. The number of ketones is 1. The maximum Gasteiger partial charge on any atom is 0.171 e. The number of halogens is 2. The summed E-state index contributed by atoms with van der Waals surface area (Å²) in [6, 6.07) is 12.4. The summed E-state index contributed by atoms with van der Waals surface area (Å²) in [5.74, 6) is -0.136. The molecule has 132 valence electrons. The van der Waals surface area contributed by atoms with Crippen molar-refractivity contribution in [1.29, 1.82) is 0 Å². The van der Waals surface area contributed by atoms with Crippen molar-refractivity contribution >= 4 is 17.4 Å². The number of likely N-dealkylation sites (tertiary alicyclic amines) is 1. The Morgan fingerprint density at radius 2 is 1.84 bits per heavy atom. The van der Waals surface area contributed by atoms with E-state index < -0.39 is 5.82 Å². The molecule has 0 bridgehead atoms. The summed E-state index contributed by atoms with van der Waals surface area (Å²) in [6.07, 6.45) is 3.63. The Labute approximate surface area is 153 Å². The standard InChI is InChI=1S/C21H23ClFNO/c1-24-10-8-15(9-11-24)12-16-4-2-5-17(13-16)14-20(25)21-18(22)6-3-7-19(21)23/h2-7,13,15H,8-12,14H2,1H3. The first-order valence-electron chi connectivity index (χ1n) is 8.76. The van der Waals surface area contributed by atoms with Crippen LogP contribution in [-0.4, -0.2) is 30.8 Å². The first-order valence-corrected chi connectivity index (χ1v) is 9.14. The molecule has 2 nitrogen and oxygen atoms in total. The third kappa shape index (κ3) is 4.68. The molecule has 0 atom stereocenters. The van der Waals surface area contributed by atoms with Gasteiger partial charge in [-0.25, -0.2) is 4.39 Å². The quantitative estimate of drug-likeness (QED) is 0.715. The number of Topliss-reactive ketones (excluding diaryl/α,β-unsaturated/α-hetero) is 1. The van der Waals surface area contributed by atoms with Gasteiger partial charge < -0.3 is 4.90 Å². The van der Waals surface area contributed by atoms with Gasteiger partial charge in [-0.3, -0.25) is 4.79 Å². The van der Waals surface area contributed by atoms with Crippen molar-refractivity contribution in [3.63, 3.8) is 0 Å². The summed E-state index contributed by atoms with van der Waals surface area (Å²) < 4.78 is 13.9. The lowest BCUT2D eigenvalue weighted by Crippen LogP contribution is -2.30. The second-order valence-electron chi connectivity index (χ2n) is 6.97. The van der Waals surface area contributed by atoms with Gasteiger partial charge in [-0.2, -0.15) is 0 Å². The van der Waals surface area contributed by atoms with Crippen LogP contribution < -0.4 is 0 Å². The van der Waals surface area contributed by atoms with Crippen molar-refractivity contribution in [3.8, 4) is 0 Å². The highest BCUT2D eigenvalue weighted by molar-refractivity contribution is 6.34. The van der Waals surface area contributed by atoms with Crippen molar-refractivity contribution in [2.24, 2.45) is 5.92 Å². The zero-order chi connectivity index (χ0) is 17.8. The fourth-order valence-corrected chi connectivity index (χ4v) is 3.77. The highest BCUT2D eigenvalue weighted by Gasteiger charge is 2.18. The molecule has 1 saturated heterocycles. The fourth-order valence-electron chi connectivity index (χ4n) is 3.50. The molecule has 0 unspecified atom stereocenters. The van der Waals surface area contributed by atoms with Gasteiger partial charge in [0.05, 0.1) is 10.6 Å². The molecular formula is C21H23ClFNO. The molecule has 25 heavy (non-hydrogen) atoms. The topological polar surface area (TPSA) is 20.3 Å². The van der Waals surface area contributed by atoms with Crippen molar-refractivity contribution in [1.82, 2.24) is 4.90 Å². The van der Waals surface area contributed by atoms with E-state index in [0.29, 0.717) is 5.92 Å². The lowest BCUT2D eigenvalue weighted by Gasteiger charge is -2.29. The summed E-state index contributed by atoms with van der Waals surface area (Å²) in [4.78, 5) is 14.8. The molecule has 0 saturated carbocycles. The number of carbonyl (C=O) groups is 1. The molecule has 0 aliphatic carbocycles. The molecule has 0 amide bonds. The molecule has 1 aliphatic rings. The lowest BCUT2D eigenvalue weighted by atomic mass is 9.89. The average molecular weight is 360 g/mol. The average Bonchev–Trinajstić information content (AvgIpc) is 2.57. The van der Waals surface area contributed by atoms with Crippen LogP contribution in [0.5, 0.6) is 0 Å². The smallest absolute Gasteiger partial charge is 0.171 e. The Hall–Kier alpha value is -1.71. The predicted octanol–water partition coefficient (Wildman–Crippen LogP) is 4.79. The zero-order valence-corrected chi connectivity index (χ0v) is 15.2. The SMILES string of the molecule is CN1CCC(Cc2cccc(CC(=O)c3c(F)cccc3Cl)c2)CC1. The van der Waals surface area contributed by atoms with E-state index in [9.17, 15) is 9.18 Å². The van der Waals surface area contributed by atoms with Gasteiger partial charge in [0.2, 0.25) is 0 Å². The van der Waals surface area contributed by atoms with Crippen LogP contribution in [0.2, 0.25) is 5.02 Å². The molecule has 4 heteroatoms. The van der Waals surface area contributed by atoms with Crippen LogP contribution in [0, 0.1) is 11.7 Å². The largest absolute Gasteiger partial charge is 0.306 e. The monoisotopic (exact) mass is 359 g/mol. The number of nitrogens with zero attached hydrogens (tertiary/aromatic N) is 1. The number of rotatable bonds is 5. The maximum atomic E-state index is 13.9. The zero-order valence-electron chi connectivity index (χ0n) is 14.5. The Kier molecular flexibility index (Phi) is 5.87. The van der Waals surface area contributed by atoms with Gasteiger partial charge in [0.15, 0.2) is 5.78 Å². The van der Waals surface area contributed by atoms with Crippen molar-refractivity contribution in [3.05, 3.63) is 70.0 Å². The van der Waals surface area contributed by atoms with Crippen molar-refractivity contribution < 1.29 is 9.18 Å². The molecule has 2 aromatic rings. The molecule has 0 radical (unpaired) electrons. The van der Waals surface area contributed by atoms with E-state index in [1.807, 2.05) is 12.1 Å². The second kappa shape index (κ2) is 8.11. The number of benzene rings is 2. The molecule has 1 heterocycles. The predicted molar refractivity (Wildman–Crippen MR) is 99.8 cm³/mol. The third-order valence-corrected chi connectivity index (χ3v) is 5.28. The summed E-state index contributed by atoms with van der Waals surface area (Å²) >= 11 is 6.00. The van der Waals surface area contributed by atoms with E-state index in [-0.39, 0.29) is 22.8 Å². The lowest BCUT2D eigenvalue weighted by molar-refractivity contribution is 0.0989. The molecule has 0 spiro atoms. The van der Waals surface area contributed by atoms with Gasteiger partial charge in [0, 0.05) is 6.42 Å². The maximum absolute atomic E-state index is 13.9. The van der Waals surface area contributed by atoms with Crippen molar-refractivity contribution in [2.75, 3.05) is 20.1 Å².